The minimum Gasteiger partial charge on any atom is -0.347 e. The number of aromatic nitrogens is 2. The molecule has 1 spiro atoms. The molecule has 2 aliphatic rings. The van der Waals surface area contributed by atoms with Crippen LogP contribution >= 0.6 is 11.6 Å². The van der Waals surface area contributed by atoms with E-state index in [0.29, 0.717) is 61.4 Å². The Bertz CT molecular complexity index is 778. The molecule has 0 atom stereocenters. The van der Waals surface area contributed by atoms with Crippen molar-refractivity contribution in [3.63, 3.8) is 0 Å². The van der Waals surface area contributed by atoms with E-state index in [1.807, 2.05) is 23.1 Å². The minimum atomic E-state index is -0.465. The molecule has 2 saturated heterocycles. The van der Waals surface area contributed by atoms with E-state index in [2.05, 4.69) is 10.1 Å². The normalized spacial score (nSPS) is 19.2. The molecule has 0 unspecified atom stereocenters. The van der Waals surface area contributed by atoms with Crippen LogP contribution in [0.5, 0.6) is 0 Å². The highest BCUT2D eigenvalue weighted by molar-refractivity contribution is 6.33. The summed E-state index contributed by atoms with van der Waals surface area (Å²) in [5.41, 5.74) is 0.716. The highest BCUT2D eigenvalue weighted by Gasteiger charge is 2.40. The molecule has 0 saturated carbocycles. The van der Waals surface area contributed by atoms with Crippen LogP contribution in [-0.2, 0) is 20.7 Å². The summed E-state index contributed by atoms with van der Waals surface area (Å²) in [5, 5.41) is 4.52. The first-order chi connectivity index (χ1) is 12.7. The third-order valence-electron chi connectivity index (χ3n) is 4.83. The van der Waals surface area contributed by atoms with Gasteiger partial charge in [0.25, 0.3) is 0 Å². The van der Waals surface area contributed by atoms with Gasteiger partial charge in [-0.05, 0) is 12.1 Å². The van der Waals surface area contributed by atoms with E-state index in [1.165, 1.54) is 0 Å². The van der Waals surface area contributed by atoms with Crippen LogP contribution in [0.3, 0.4) is 0 Å². The first kappa shape index (κ1) is 17.5. The quantitative estimate of drug-likeness (QED) is 0.815. The van der Waals surface area contributed by atoms with Crippen molar-refractivity contribution in [2.24, 2.45) is 0 Å². The van der Waals surface area contributed by atoms with E-state index in [0.717, 1.165) is 12.8 Å². The van der Waals surface area contributed by atoms with Crippen molar-refractivity contribution in [1.29, 1.82) is 0 Å². The maximum absolute atomic E-state index is 12.4. The summed E-state index contributed by atoms with van der Waals surface area (Å²) >= 11 is 6.15. The number of carbonyl (C=O) groups is 1. The molecule has 3 heterocycles. The molecule has 0 bridgehead atoms. The summed E-state index contributed by atoms with van der Waals surface area (Å²) in [5.74, 6) is 0.487. The Morgan fingerprint density at radius 1 is 1.19 bits per heavy atom. The Hall–Kier alpha value is -1.96. The Morgan fingerprint density at radius 3 is 2.65 bits per heavy atom. The fraction of sp³-hybridized carbons (Fsp3) is 0.500. The number of likely N-dealkylation sites (tertiary alicyclic amines) is 1. The first-order valence-corrected chi connectivity index (χ1v) is 9.16. The van der Waals surface area contributed by atoms with Gasteiger partial charge in [0.1, 0.15) is 0 Å². The molecule has 0 radical (unpaired) electrons. The topological polar surface area (TPSA) is 77.7 Å². The fourth-order valence-electron chi connectivity index (χ4n) is 3.36. The van der Waals surface area contributed by atoms with Crippen molar-refractivity contribution >= 4 is 17.5 Å². The second-order valence-electron chi connectivity index (χ2n) is 6.48. The van der Waals surface area contributed by atoms with Crippen molar-refractivity contribution in [2.45, 2.75) is 31.5 Å². The number of aryl methyl sites for hydroxylation is 1. The number of carbonyl (C=O) groups excluding carboxylic acids is 1. The van der Waals surface area contributed by atoms with Crippen molar-refractivity contribution in [1.82, 2.24) is 15.0 Å². The maximum atomic E-state index is 12.4. The van der Waals surface area contributed by atoms with Gasteiger partial charge in [-0.3, -0.25) is 4.79 Å². The minimum absolute atomic E-state index is 0.0790. The molecule has 7 nitrogen and oxygen atoms in total. The lowest BCUT2D eigenvalue weighted by atomic mass is 10.0. The van der Waals surface area contributed by atoms with Crippen LogP contribution in [0.1, 0.15) is 25.2 Å². The van der Waals surface area contributed by atoms with E-state index in [9.17, 15) is 4.79 Å². The summed E-state index contributed by atoms with van der Waals surface area (Å²) in [7, 11) is 0. The average Bonchev–Trinajstić information content (AvgIpc) is 3.31. The van der Waals surface area contributed by atoms with Crippen molar-refractivity contribution in [3.8, 4) is 11.4 Å². The molecule has 138 valence electrons. The van der Waals surface area contributed by atoms with Crippen molar-refractivity contribution in [3.05, 3.63) is 35.2 Å². The average molecular weight is 378 g/mol. The summed E-state index contributed by atoms with van der Waals surface area (Å²) in [6.45, 7) is 2.57. The van der Waals surface area contributed by atoms with Crippen LogP contribution in [0.25, 0.3) is 11.4 Å². The predicted octanol–water partition coefficient (Wildman–Crippen LogP) is 2.69. The lowest BCUT2D eigenvalue weighted by Crippen LogP contribution is -2.47. The largest absolute Gasteiger partial charge is 0.347 e. The number of nitrogens with zero attached hydrogens (tertiary/aromatic N) is 3. The Kier molecular flexibility index (Phi) is 4.93. The van der Waals surface area contributed by atoms with E-state index in [4.69, 9.17) is 25.6 Å². The summed E-state index contributed by atoms with van der Waals surface area (Å²) in [6, 6.07) is 7.31. The lowest BCUT2D eigenvalue weighted by Gasteiger charge is -2.37. The molecule has 0 N–H and O–H groups in total. The summed E-state index contributed by atoms with van der Waals surface area (Å²) in [4.78, 5) is 18.6. The van der Waals surface area contributed by atoms with Crippen LogP contribution < -0.4 is 0 Å². The van der Waals surface area contributed by atoms with E-state index < -0.39 is 5.79 Å². The van der Waals surface area contributed by atoms with Gasteiger partial charge in [-0.1, -0.05) is 28.9 Å². The highest BCUT2D eigenvalue weighted by Crippen LogP contribution is 2.31. The molecule has 2 aromatic rings. The smallest absolute Gasteiger partial charge is 0.227 e. The molecule has 1 aromatic heterocycles. The molecular formula is C18H20ClN3O4. The van der Waals surface area contributed by atoms with Gasteiger partial charge in [0.05, 0.1) is 18.2 Å². The van der Waals surface area contributed by atoms with Gasteiger partial charge in [-0.15, -0.1) is 0 Å². The Balaban J connectivity index is 1.31. The van der Waals surface area contributed by atoms with Crippen molar-refractivity contribution < 1.29 is 18.8 Å². The molecule has 0 aliphatic carbocycles. The number of hydrogen-bond donors (Lipinski definition) is 0. The summed E-state index contributed by atoms with van der Waals surface area (Å²) < 4.78 is 16.6. The number of ether oxygens (including phenoxy) is 2. The van der Waals surface area contributed by atoms with E-state index in [1.54, 1.807) is 6.07 Å². The van der Waals surface area contributed by atoms with Gasteiger partial charge in [-0.25, -0.2) is 0 Å². The van der Waals surface area contributed by atoms with E-state index >= 15 is 0 Å². The monoisotopic (exact) mass is 377 g/mol. The second kappa shape index (κ2) is 7.34. The van der Waals surface area contributed by atoms with Gasteiger partial charge < -0.3 is 18.9 Å². The number of amides is 1. The predicted molar refractivity (Wildman–Crippen MR) is 93.5 cm³/mol. The van der Waals surface area contributed by atoms with Crippen LogP contribution in [0.4, 0.5) is 0 Å². The number of rotatable bonds is 4. The Labute approximate surface area is 156 Å². The molecular weight excluding hydrogens is 358 g/mol. The molecule has 8 heteroatoms. The molecule has 4 rings (SSSR count). The van der Waals surface area contributed by atoms with Crippen LogP contribution in [-0.4, -0.2) is 53.0 Å². The first-order valence-electron chi connectivity index (χ1n) is 8.78. The number of hydrogen-bond acceptors (Lipinski definition) is 6. The maximum Gasteiger partial charge on any atom is 0.227 e. The van der Waals surface area contributed by atoms with Crippen LogP contribution in [0.15, 0.2) is 28.8 Å². The molecule has 26 heavy (non-hydrogen) atoms. The van der Waals surface area contributed by atoms with Gasteiger partial charge in [0.2, 0.25) is 17.6 Å². The standard InChI is InChI=1S/C18H20ClN3O4/c19-14-4-2-1-3-13(14)17-20-15(26-21-17)5-6-16(23)22-9-7-18(8-10-22)24-11-12-25-18/h1-4H,5-12H2. The number of piperidine rings is 1. The molecule has 2 aliphatic heterocycles. The highest BCUT2D eigenvalue weighted by atomic mass is 35.5. The van der Waals surface area contributed by atoms with Gasteiger partial charge in [0.15, 0.2) is 5.79 Å². The van der Waals surface area contributed by atoms with Gasteiger partial charge in [-0.2, -0.15) is 4.98 Å². The summed E-state index contributed by atoms with van der Waals surface area (Å²) in [6.07, 6.45) is 2.18. The number of benzene rings is 1. The third-order valence-corrected chi connectivity index (χ3v) is 5.16. The third kappa shape index (κ3) is 3.60. The SMILES string of the molecule is O=C(CCc1nc(-c2ccccc2Cl)no1)N1CCC2(CC1)OCCO2. The van der Waals surface area contributed by atoms with Gasteiger partial charge in [0, 0.05) is 44.3 Å². The zero-order valence-corrected chi connectivity index (χ0v) is 15.1. The zero-order chi connectivity index (χ0) is 18.0. The molecule has 2 fully saturated rings. The lowest BCUT2D eigenvalue weighted by molar-refractivity contribution is -0.187. The van der Waals surface area contributed by atoms with E-state index in [-0.39, 0.29) is 5.91 Å². The molecule has 1 aromatic carbocycles. The van der Waals surface area contributed by atoms with Crippen molar-refractivity contribution in [2.75, 3.05) is 26.3 Å². The fourth-order valence-corrected chi connectivity index (χ4v) is 3.58. The Morgan fingerprint density at radius 2 is 1.92 bits per heavy atom. The van der Waals surface area contributed by atoms with Crippen LogP contribution in [0, 0.1) is 0 Å². The molecule has 1 amide bonds. The zero-order valence-electron chi connectivity index (χ0n) is 14.3. The van der Waals surface area contributed by atoms with Crippen LogP contribution in [0.2, 0.25) is 5.02 Å². The van der Waals surface area contributed by atoms with Gasteiger partial charge >= 0.3 is 0 Å². The number of halogens is 1. The second-order valence-corrected chi connectivity index (χ2v) is 6.89.